The van der Waals surface area contributed by atoms with Crippen LogP contribution in [0.15, 0.2) is 47.1 Å². The monoisotopic (exact) mass is 342 g/mol. The molecule has 1 unspecified atom stereocenters. The first-order valence-electron chi connectivity index (χ1n) is 7.65. The lowest BCUT2D eigenvalue weighted by Crippen LogP contribution is -2.44. The maximum atomic E-state index is 12.5. The maximum Gasteiger partial charge on any atom is 0.262 e. The van der Waals surface area contributed by atoms with Crippen molar-refractivity contribution in [2.75, 3.05) is 0 Å². The maximum absolute atomic E-state index is 12.5. The SMILES string of the molecule is Cc1c(C(=O)NC(C)C(=O)NCc2ccco2)sc2ccccc12. The Kier molecular flexibility index (Phi) is 4.66. The van der Waals surface area contributed by atoms with Gasteiger partial charge in [0.15, 0.2) is 0 Å². The third-order valence-corrected chi connectivity index (χ3v) is 5.08. The van der Waals surface area contributed by atoms with Crippen LogP contribution >= 0.6 is 11.3 Å². The third-order valence-electron chi connectivity index (χ3n) is 3.81. The van der Waals surface area contributed by atoms with Gasteiger partial charge in [-0.3, -0.25) is 9.59 Å². The molecule has 1 aromatic carbocycles. The van der Waals surface area contributed by atoms with Crippen LogP contribution < -0.4 is 10.6 Å². The van der Waals surface area contributed by atoms with E-state index in [2.05, 4.69) is 10.6 Å². The highest BCUT2D eigenvalue weighted by Crippen LogP contribution is 2.30. The van der Waals surface area contributed by atoms with Crippen molar-refractivity contribution in [1.82, 2.24) is 10.6 Å². The molecule has 5 nitrogen and oxygen atoms in total. The molecule has 0 aliphatic rings. The summed E-state index contributed by atoms with van der Waals surface area (Å²) in [4.78, 5) is 25.2. The van der Waals surface area contributed by atoms with Gasteiger partial charge in [-0.2, -0.15) is 0 Å². The molecule has 24 heavy (non-hydrogen) atoms. The first-order chi connectivity index (χ1) is 11.6. The van der Waals surface area contributed by atoms with Crippen molar-refractivity contribution in [3.05, 3.63) is 58.9 Å². The molecule has 124 valence electrons. The van der Waals surface area contributed by atoms with Gasteiger partial charge in [0.05, 0.1) is 17.7 Å². The van der Waals surface area contributed by atoms with Crippen LogP contribution in [0.5, 0.6) is 0 Å². The smallest absolute Gasteiger partial charge is 0.262 e. The number of hydrogen-bond donors (Lipinski definition) is 2. The van der Waals surface area contributed by atoms with E-state index in [1.807, 2.05) is 31.2 Å². The number of rotatable bonds is 5. The highest BCUT2D eigenvalue weighted by molar-refractivity contribution is 7.21. The first-order valence-corrected chi connectivity index (χ1v) is 8.47. The molecule has 2 aromatic heterocycles. The van der Waals surface area contributed by atoms with Gasteiger partial charge in [0.2, 0.25) is 5.91 Å². The summed E-state index contributed by atoms with van der Waals surface area (Å²) >= 11 is 1.44. The summed E-state index contributed by atoms with van der Waals surface area (Å²) in [7, 11) is 0. The summed E-state index contributed by atoms with van der Waals surface area (Å²) in [6, 6.07) is 10.8. The molecule has 2 heterocycles. The predicted molar refractivity (Wildman–Crippen MR) is 94.0 cm³/mol. The van der Waals surface area contributed by atoms with Crippen LogP contribution in [0.4, 0.5) is 0 Å². The van der Waals surface area contributed by atoms with E-state index < -0.39 is 6.04 Å². The highest BCUT2D eigenvalue weighted by Gasteiger charge is 2.20. The molecule has 0 aliphatic heterocycles. The molecule has 0 saturated carbocycles. The number of carbonyl (C=O) groups excluding carboxylic acids is 2. The lowest BCUT2D eigenvalue weighted by Gasteiger charge is -2.13. The van der Waals surface area contributed by atoms with Crippen molar-refractivity contribution in [2.24, 2.45) is 0 Å². The zero-order valence-electron chi connectivity index (χ0n) is 13.5. The lowest BCUT2D eigenvalue weighted by molar-refractivity contribution is -0.122. The van der Waals surface area contributed by atoms with E-state index in [4.69, 9.17) is 4.42 Å². The lowest BCUT2D eigenvalue weighted by atomic mass is 10.1. The van der Waals surface area contributed by atoms with Crippen molar-refractivity contribution >= 4 is 33.2 Å². The quantitative estimate of drug-likeness (QED) is 0.748. The normalized spacial score (nSPS) is 12.1. The van der Waals surface area contributed by atoms with Crippen LogP contribution in [0.3, 0.4) is 0 Å². The predicted octanol–water partition coefficient (Wildman–Crippen LogP) is 3.24. The van der Waals surface area contributed by atoms with Gasteiger partial charge in [-0.1, -0.05) is 18.2 Å². The second kappa shape index (κ2) is 6.88. The zero-order chi connectivity index (χ0) is 17.1. The summed E-state index contributed by atoms with van der Waals surface area (Å²) in [5, 5.41) is 6.57. The van der Waals surface area contributed by atoms with Gasteiger partial charge in [0, 0.05) is 4.70 Å². The Balaban J connectivity index is 1.64. The average Bonchev–Trinajstić information content (AvgIpc) is 3.21. The van der Waals surface area contributed by atoms with Gasteiger partial charge in [-0.25, -0.2) is 0 Å². The van der Waals surface area contributed by atoms with Crippen molar-refractivity contribution in [2.45, 2.75) is 26.4 Å². The van der Waals surface area contributed by atoms with E-state index in [1.54, 1.807) is 25.3 Å². The van der Waals surface area contributed by atoms with Gasteiger partial charge in [-0.15, -0.1) is 11.3 Å². The number of thiophene rings is 1. The second-order valence-electron chi connectivity index (χ2n) is 5.54. The molecule has 2 N–H and O–H groups in total. The molecule has 0 fully saturated rings. The van der Waals surface area contributed by atoms with Crippen LogP contribution in [-0.2, 0) is 11.3 Å². The Bertz CT molecular complexity index is 868. The van der Waals surface area contributed by atoms with Crippen LogP contribution in [0.1, 0.15) is 27.9 Å². The third kappa shape index (κ3) is 3.33. The summed E-state index contributed by atoms with van der Waals surface area (Å²) in [5.41, 5.74) is 0.941. The number of fused-ring (bicyclic) bond motifs is 1. The largest absolute Gasteiger partial charge is 0.467 e. The number of nitrogens with one attached hydrogen (secondary N) is 2. The molecule has 0 saturated heterocycles. The standard InChI is InChI=1S/C18H18N2O3S/c1-11-14-7-3-4-8-15(14)24-16(11)18(22)20-12(2)17(21)19-10-13-6-5-9-23-13/h3-9,12H,10H2,1-2H3,(H,19,21)(H,20,22). The molecular formula is C18H18N2O3S. The molecule has 0 aliphatic carbocycles. The Labute approximate surface area is 143 Å². The van der Waals surface area contributed by atoms with E-state index in [-0.39, 0.29) is 11.8 Å². The molecule has 3 aromatic rings. The van der Waals surface area contributed by atoms with Crippen LogP contribution in [0.25, 0.3) is 10.1 Å². The van der Waals surface area contributed by atoms with Crippen molar-refractivity contribution in [3.63, 3.8) is 0 Å². The minimum atomic E-state index is -0.628. The van der Waals surface area contributed by atoms with E-state index >= 15 is 0 Å². The number of aryl methyl sites for hydroxylation is 1. The highest BCUT2D eigenvalue weighted by atomic mass is 32.1. The number of benzene rings is 1. The Morgan fingerprint density at radius 2 is 2.00 bits per heavy atom. The van der Waals surface area contributed by atoms with Gasteiger partial charge in [0.1, 0.15) is 11.8 Å². The van der Waals surface area contributed by atoms with Crippen molar-refractivity contribution < 1.29 is 14.0 Å². The Morgan fingerprint density at radius 3 is 2.71 bits per heavy atom. The Morgan fingerprint density at radius 1 is 1.21 bits per heavy atom. The van der Waals surface area contributed by atoms with Crippen molar-refractivity contribution in [3.8, 4) is 0 Å². The number of hydrogen-bond acceptors (Lipinski definition) is 4. The fraction of sp³-hybridized carbons (Fsp3) is 0.222. The van der Waals surface area contributed by atoms with E-state index in [1.165, 1.54) is 11.3 Å². The van der Waals surface area contributed by atoms with E-state index in [9.17, 15) is 9.59 Å². The van der Waals surface area contributed by atoms with E-state index in [0.29, 0.717) is 17.2 Å². The summed E-state index contributed by atoms with van der Waals surface area (Å²) in [5.74, 6) is 0.190. The molecule has 0 spiro atoms. The van der Waals surface area contributed by atoms with Gasteiger partial charge < -0.3 is 15.1 Å². The number of carbonyl (C=O) groups is 2. The number of furan rings is 1. The average molecular weight is 342 g/mol. The molecular weight excluding hydrogens is 324 g/mol. The number of amides is 2. The van der Waals surface area contributed by atoms with Crippen LogP contribution in [-0.4, -0.2) is 17.9 Å². The van der Waals surface area contributed by atoms with Gasteiger partial charge >= 0.3 is 0 Å². The summed E-state index contributed by atoms with van der Waals surface area (Å²) < 4.78 is 6.23. The minimum absolute atomic E-state index is 0.227. The fourth-order valence-corrected chi connectivity index (χ4v) is 3.57. The zero-order valence-corrected chi connectivity index (χ0v) is 14.3. The first kappa shape index (κ1) is 16.3. The summed E-state index contributed by atoms with van der Waals surface area (Å²) in [6.07, 6.45) is 1.55. The molecule has 0 radical (unpaired) electrons. The summed E-state index contributed by atoms with van der Waals surface area (Å²) in [6.45, 7) is 3.89. The van der Waals surface area contributed by atoms with Crippen LogP contribution in [0, 0.1) is 6.92 Å². The molecule has 1 atom stereocenters. The van der Waals surface area contributed by atoms with Crippen molar-refractivity contribution in [1.29, 1.82) is 0 Å². The molecule has 0 bridgehead atoms. The molecule has 6 heteroatoms. The fourth-order valence-electron chi connectivity index (χ4n) is 2.46. The van der Waals surface area contributed by atoms with E-state index in [0.717, 1.165) is 15.6 Å². The molecule has 2 amide bonds. The minimum Gasteiger partial charge on any atom is -0.467 e. The topological polar surface area (TPSA) is 71.3 Å². The Hall–Kier alpha value is -2.60. The van der Waals surface area contributed by atoms with Crippen LogP contribution in [0.2, 0.25) is 0 Å². The second-order valence-corrected chi connectivity index (χ2v) is 6.60. The molecule has 3 rings (SSSR count). The van der Waals surface area contributed by atoms with Gasteiger partial charge in [-0.05, 0) is 43.0 Å². The van der Waals surface area contributed by atoms with Gasteiger partial charge in [0.25, 0.3) is 5.91 Å².